The Bertz CT molecular complexity index is 1450. The van der Waals surface area contributed by atoms with Gasteiger partial charge < -0.3 is 9.64 Å². The van der Waals surface area contributed by atoms with E-state index in [-0.39, 0.29) is 30.3 Å². The van der Waals surface area contributed by atoms with Crippen molar-refractivity contribution in [3.63, 3.8) is 0 Å². The zero-order valence-corrected chi connectivity index (χ0v) is 20.5. The zero-order chi connectivity index (χ0) is 25.6. The Kier molecular flexibility index (Phi) is 7.37. The average molecular weight is 497 g/mol. The third kappa shape index (κ3) is 5.76. The van der Waals surface area contributed by atoms with E-state index in [0.717, 1.165) is 25.2 Å². The highest BCUT2D eigenvalue weighted by Gasteiger charge is 2.24. The predicted molar refractivity (Wildman–Crippen MR) is 140 cm³/mol. The lowest BCUT2D eigenvalue weighted by Gasteiger charge is -2.34. The van der Waals surface area contributed by atoms with Gasteiger partial charge in [-0.3, -0.25) is 14.5 Å². The van der Waals surface area contributed by atoms with E-state index in [4.69, 9.17) is 4.74 Å². The van der Waals surface area contributed by atoms with E-state index in [2.05, 4.69) is 22.1 Å². The van der Waals surface area contributed by atoms with Gasteiger partial charge in [0.2, 0.25) is 0 Å². The molecule has 0 atom stereocenters. The van der Waals surface area contributed by atoms with Gasteiger partial charge in [-0.25, -0.2) is 9.48 Å². The number of amides is 1. The Morgan fingerprint density at radius 3 is 1.95 bits per heavy atom. The second-order valence-corrected chi connectivity index (χ2v) is 9.06. The van der Waals surface area contributed by atoms with Gasteiger partial charge >= 0.3 is 5.97 Å². The molecule has 2 heterocycles. The minimum atomic E-state index is -0.728. The number of benzene rings is 3. The summed E-state index contributed by atoms with van der Waals surface area (Å²) in [7, 11) is 0. The number of carbonyl (C=O) groups excluding carboxylic acids is 2. The molecule has 0 unspecified atom stereocenters. The molecule has 0 N–H and O–H groups in total. The lowest BCUT2D eigenvalue weighted by Crippen LogP contribution is -2.49. The molecule has 8 heteroatoms. The van der Waals surface area contributed by atoms with Crippen LogP contribution in [0.1, 0.15) is 21.6 Å². The fourth-order valence-corrected chi connectivity index (χ4v) is 4.53. The molecular formula is C29H28N4O4. The van der Waals surface area contributed by atoms with Gasteiger partial charge in [-0.2, -0.15) is 5.10 Å². The maximum absolute atomic E-state index is 13.0. The maximum atomic E-state index is 13.0. The first-order chi connectivity index (χ1) is 18.1. The van der Waals surface area contributed by atoms with E-state index >= 15 is 0 Å². The number of carbonyl (C=O) groups is 2. The van der Waals surface area contributed by atoms with Crippen molar-refractivity contribution in [2.45, 2.75) is 13.1 Å². The number of nitrogens with zero attached hydrogens (tertiary/aromatic N) is 4. The van der Waals surface area contributed by atoms with E-state index in [0.29, 0.717) is 23.9 Å². The average Bonchev–Trinajstić information content (AvgIpc) is 2.94. The van der Waals surface area contributed by atoms with Crippen LogP contribution >= 0.6 is 0 Å². The van der Waals surface area contributed by atoms with Crippen molar-refractivity contribution in [2.24, 2.45) is 0 Å². The van der Waals surface area contributed by atoms with Gasteiger partial charge in [0.15, 0.2) is 12.3 Å². The number of hydrogen-bond acceptors (Lipinski definition) is 6. The number of ether oxygens (including phenoxy) is 1. The van der Waals surface area contributed by atoms with Gasteiger partial charge in [0.05, 0.1) is 11.9 Å². The third-order valence-electron chi connectivity index (χ3n) is 6.54. The van der Waals surface area contributed by atoms with Crippen molar-refractivity contribution in [1.82, 2.24) is 19.6 Å². The first-order valence-corrected chi connectivity index (χ1v) is 12.3. The van der Waals surface area contributed by atoms with E-state index in [1.807, 2.05) is 48.5 Å². The van der Waals surface area contributed by atoms with Crippen LogP contribution in [0.2, 0.25) is 0 Å². The predicted octanol–water partition coefficient (Wildman–Crippen LogP) is 2.95. The highest BCUT2D eigenvalue weighted by molar-refractivity contribution is 6.02. The largest absolute Gasteiger partial charge is 0.451 e. The zero-order valence-electron chi connectivity index (χ0n) is 20.5. The molecule has 5 rings (SSSR count). The summed E-state index contributed by atoms with van der Waals surface area (Å²) in [6.07, 6.45) is 0. The minimum Gasteiger partial charge on any atom is -0.451 e. The Hall–Kier alpha value is -4.30. The van der Waals surface area contributed by atoms with Crippen molar-refractivity contribution < 1.29 is 14.3 Å². The number of piperazine rings is 1. The molecule has 0 aliphatic carbocycles. The summed E-state index contributed by atoms with van der Waals surface area (Å²) in [5.41, 5.74) is 1.85. The van der Waals surface area contributed by atoms with E-state index in [9.17, 15) is 14.4 Å². The van der Waals surface area contributed by atoms with Gasteiger partial charge in [0.25, 0.3) is 11.5 Å². The highest BCUT2D eigenvalue weighted by atomic mass is 16.5. The van der Waals surface area contributed by atoms with Crippen LogP contribution in [-0.4, -0.2) is 64.2 Å². The summed E-state index contributed by atoms with van der Waals surface area (Å²) in [6.45, 7) is 3.35. The Morgan fingerprint density at radius 2 is 1.30 bits per heavy atom. The normalized spacial score (nSPS) is 14.0. The van der Waals surface area contributed by atoms with Crippen molar-refractivity contribution in [3.8, 4) is 0 Å². The van der Waals surface area contributed by atoms with Crippen LogP contribution in [0.3, 0.4) is 0 Å². The lowest BCUT2D eigenvalue weighted by molar-refractivity contribution is -0.136. The molecule has 1 aliphatic heterocycles. The molecule has 188 valence electrons. The van der Waals surface area contributed by atoms with Gasteiger partial charge in [-0.05, 0) is 17.2 Å². The monoisotopic (exact) mass is 496 g/mol. The van der Waals surface area contributed by atoms with Crippen molar-refractivity contribution >= 4 is 22.6 Å². The van der Waals surface area contributed by atoms with Crippen LogP contribution in [0.4, 0.5) is 0 Å². The van der Waals surface area contributed by atoms with Crippen molar-refractivity contribution in [2.75, 3.05) is 32.8 Å². The van der Waals surface area contributed by atoms with Crippen LogP contribution in [0, 0.1) is 0 Å². The smallest absolute Gasteiger partial charge is 0.359 e. The Labute approximate surface area is 214 Å². The van der Waals surface area contributed by atoms with Crippen LogP contribution in [0.5, 0.6) is 0 Å². The molecular weight excluding hydrogens is 468 g/mol. The molecule has 0 saturated carbocycles. The summed E-state index contributed by atoms with van der Waals surface area (Å²) in [5.74, 6) is -0.969. The molecule has 1 aromatic heterocycles. The summed E-state index contributed by atoms with van der Waals surface area (Å²) >= 11 is 0. The number of fused-ring (bicyclic) bond motifs is 1. The molecule has 1 aliphatic rings. The summed E-state index contributed by atoms with van der Waals surface area (Å²) in [5, 5.41) is 5.12. The fraction of sp³-hybridized carbons (Fsp3) is 0.241. The van der Waals surface area contributed by atoms with Gasteiger partial charge in [-0.1, -0.05) is 78.9 Å². The second kappa shape index (κ2) is 11.2. The van der Waals surface area contributed by atoms with Gasteiger partial charge in [0, 0.05) is 38.1 Å². The molecule has 8 nitrogen and oxygen atoms in total. The molecule has 0 radical (unpaired) electrons. The fourth-order valence-electron chi connectivity index (χ4n) is 4.53. The van der Waals surface area contributed by atoms with Crippen molar-refractivity contribution in [3.05, 3.63) is 112 Å². The molecule has 3 aromatic carbocycles. The summed E-state index contributed by atoms with van der Waals surface area (Å²) < 4.78 is 6.66. The van der Waals surface area contributed by atoms with E-state index < -0.39 is 5.97 Å². The topological polar surface area (TPSA) is 84.7 Å². The molecule has 0 spiro atoms. The molecule has 0 bridgehead atoms. The SMILES string of the molecule is O=C(OCC(=O)N1CCN(Cc2ccccc2)CC1)c1nn(Cc2ccccc2)c(=O)c2ccccc12. The highest BCUT2D eigenvalue weighted by Crippen LogP contribution is 2.15. The number of rotatable bonds is 7. The van der Waals surface area contributed by atoms with Crippen LogP contribution in [0.15, 0.2) is 89.7 Å². The molecule has 1 amide bonds. The standard InChI is InChI=1S/C29H28N4O4/c34-26(32-17-15-31(16-18-32)19-22-9-3-1-4-10-22)21-37-29(36)27-24-13-7-8-14-25(24)28(35)33(30-27)20-23-11-5-2-6-12-23/h1-14H,15-21H2. The molecule has 1 fully saturated rings. The van der Waals surface area contributed by atoms with Gasteiger partial charge in [0.1, 0.15) is 0 Å². The minimum absolute atomic E-state index is 0.0200. The lowest BCUT2D eigenvalue weighted by atomic mass is 10.1. The number of aromatic nitrogens is 2. The van der Waals surface area contributed by atoms with E-state index in [1.165, 1.54) is 10.2 Å². The third-order valence-corrected chi connectivity index (χ3v) is 6.54. The van der Waals surface area contributed by atoms with Crippen molar-refractivity contribution in [1.29, 1.82) is 0 Å². The molecule has 1 saturated heterocycles. The number of hydrogen-bond donors (Lipinski definition) is 0. The molecule has 37 heavy (non-hydrogen) atoms. The summed E-state index contributed by atoms with van der Waals surface area (Å²) in [4.78, 5) is 42.8. The maximum Gasteiger partial charge on any atom is 0.359 e. The quantitative estimate of drug-likeness (QED) is 0.366. The van der Waals surface area contributed by atoms with Crippen LogP contribution < -0.4 is 5.56 Å². The van der Waals surface area contributed by atoms with Crippen LogP contribution in [0.25, 0.3) is 10.8 Å². The van der Waals surface area contributed by atoms with E-state index in [1.54, 1.807) is 29.2 Å². The summed E-state index contributed by atoms with van der Waals surface area (Å²) in [6, 6.07) is 26.5. The number of esters is 1. The Balaban J connectivity index is 1.24. The second-order valence-electron chi connectivity index (χ2n) is 9.06. The Morgan fingerprint density at radius 1 is 0.730 bits per heavy atom. The first kappa shape index (κ1) is 24.4. The first-order valence-electron chi connectivity index (χ1n) is 12.3. The van der Waals surface area contributed by atoms with Crippen LogP contribution in [-0.2, 0) is 22.6 Å². The molecule has 4 aromatic rings. The van der Waals surface area contributed by atoms with Gasteiger partial charge in [-0.15, -0.1) is 0 Å².